The van der Waals surface area contributed by atoms with E-state index >= 15 is 0 Å². The van der Waals surface area contributed by atoms with Crippen LogP contribution in [0.15, 0.2) is 78.9 Å². The minimum atomic E-state index is -1.01. The molecule has 0 bridgehead atoms. The number of aliphatic hydroxyl groups excluding tert-OH is 1. The summed E-state index contributed by atoms with van der Waals surface area (Å²) in [5.41, 5.74) is 3.63. The Kier molecular flexibility index (Phi) is 11.0. The highest BCUT2D eigenvalue weighted by Gasteiger charge is 2.35. The largest absolute Gasteiger partial charge is 0.453 e. The molecule has 0 unspecified atom stereocenters. The summed E-state index contributed by atoms with van der Waals surface area (Å²) in [7, 11) is 1.24. The molecule has 216 valence electrons. The fourth-order valence-corrected chi connectivity index (χ4v) is 4.56. The molecular formula is C32H39N5O4. The smallest absolute Gasteiger partial charge is 0.407 e. The van der Waals surface area contributed by atoms with Gasteiger partial charge in [0, 0.05) is 13.1 Å². The summed E-state index contributed by atoms with van der Waals surface area (Å²) >= 11 is 0. The van der Waals surface area contributed by atoms with E-state index in [2.05, 4.69) is 16.7 Å². The van der Waals surface area contributed by atoms with Crippen molar-refractivity contribution in [1.29, 1.82) is 5.26 Å². The van der Waals surface area contributed by atoms with Crippen LogP contribution in [0.5, 0.6) is 0 Å². The SMILES string of the molecule is COC(=O)N[C@H](C(=O)N[C@@H](Cc1ccccc1)[C@@H](O)CN(N)Cc1ccc(-c2ccccc2C#N)cc1)C(C)(C)C. The first-order valence-corrected chi connectivity index (χ1v) is 13.5. The molecule has 0 saturated heterocycles. The number of nitriles is 1. The topological polar surface area (TPSA) is 141 Å². The van der Waals surface area contributed by atoms with Crippen molar-refractivity contribution < 1.29 is 19.4 Å². The fraction of sp³-hybridized carbons (Fsp3) is 0.344. The Bertz CT molecular complexity index is 1330. The standard InChI is InChI=1S/C32H39N5O4/c1-32(2,3)29(36-31(40)41-4)30(39)35-27(18-22-10-6-5-7-11-22)28(38)21-37(34)20-23-14-16-24(17-15-23)26-13-9-8-12-25(26)19-33/h5-17,27-29,38H,18,20-21,34H2,1-4H3,(H,35,39)(H,36,40)/t27-,28-,29+/m0/s1. The van der Waals surface area contributed by atoms with Crippen molar-refractivity contribution in [1.82, 2.24) is 15.6 Å². The van der Waals surface area contributed by atoms with Crippen molar-refractivity contribution in [2.75, 3.05) is 13.7 Å². The average molecular weight is 558 g/mol. The first kappa shape index (κ1) is 31.3. The molecule has 3 atom stereocenters. The number of rotatable bonds is 11. The molecular weight excluding hydrogens is 518 g/mol. The van der Waals surface area contributed by atoms with E-state index < -0.39 is 35.6 Å². The van der Waals surface area contributed by atoms with Gasteiger partial charge in [0.25, 0.3) is 0 Å². The number of methoxy groups -OCH3 is 1. The molecule has 2 amide bonds. The van der Waals surface area contributed by atoms with Gasteiger partial charge >= 0.3 is 6.09 Å². The lowest BCUT2D eigenvalue weighted by atomic mass is 9.85. The summed E-state index contributed by atoms with van der Waals surface area (Å²) in [6.07, 6.45) is -1.36. The van der Waals surface area contributed by atoms with Crippen LogP contribution in [0.1, 0.15) is 37.5 Å². The first-order valence-electron chi connectivity index (χ1n) is 13.5. The molecule has 0 aliphatic rings. The van der Waals surface area contributed by atoms with E-state index in [4.69, 9.17) is 10.6 Å². The van der Waals surface area contributed by atoms with Crippen molar-refractivity contribution in [3.63, 3.8) is 0 Å². The molecule has 0 aliphatic heterocycles. The third kappa shape index (κ3) is 9.15. The van der Waals surface area contributed by atoms with Gasteiger partial charge in [-0.1, -0.05) is 93.6 Å². The molecule has 0 aliphatic carbocycles. The van der Waals surface area contributed by atoms with Gasteiger partial charge in [-0.25, -0.2) is 9.80 Å². The average Bonchev–Trinajstić information content (AvgIpc) is 2.95. The van der Waals surface area contributed by atoms with E-state index in [9.17, 15) is 20.0 Å². The minimum Gasteiger partial charge on any atom is -0.453 e. The second-order valence-corrected chi connectivity index (χ2v) is 11.1. The van der Waals surface area contributed by atoms with Crippen molar-refractivity contribution in [2.45, 2.75) is 51.9 Å². The van der Waals surface area contributed by atoms with E-state index in [1.54, 1.807) is 6.07 Å². The molecule has 0 spiro atoms. The lowest BCUT2D eigenvalue weighted by Crippen LogP contribution is -2.58. The van der Waals surface area contributed by atoms with Gasteiger partial charge in [-0.15, -0.1) is 0 Å². The molecule has 0 fully saturated rings. The number of benzene rings is 3. The van der Waals surface area contributed by atoms with Crippen molar-refractivity contribution in [3.05, 3.63) is 95.6 Å². The zero-order chi connectivity index (χ0) is 30.0. The summed E-state index contributed by atoms with van der Waals surface area (Å²) in [6, 6.07) is 25.4. The predicted molar refractivity (Wildman–Crippen MR) is 158 cm³/mol. The molecule has 3 aromatic carbocycles. The fourth-order valence-electron chi connectivity index (χ4n) is 4.56. The van der Waals surface area contributed by atoms with Crippen LogP contribution in [0, 0.1) is 16.7 Å². The van der Waals surface area contributed by atoms with Crippen LogP contribution in [0.25, 0.3) is 11.1 Å². The number of hydrogen-bond acceptors (Lipinski definition) is 7. The van der Waals surface area contributed by atoms with Gasteiger partial charge in [-0.3, -0.25) is 10.6 Å². The van der Waals surface area contributed by atoms with E-state index in [-0.39, 0.29) is 6.54 Å². The number of nitrogens with two attached hydrogens (primary N) is 1. The number of hydrazine groups is 1. The Morgan fingerprint density at radius 3 is 2.22 bits per heavy atom. The highest BCUT2D eigenvalue weighted by atomic mass is 16.5. The third-order valence-corrected chi connectivity index (χ3v) is 6.79. The highest BCUT2D eigenvalue weighted by molar-refractivity contribution is 5.86. The molecule has 0 saturated carbocycles. The number of nitrogens with one attached hydrogen (secondary N) is 2. The monoisotopic (exact) mass is 557 g/mol. The Morgan fingerprint density at radius 1 is 0.976 bits per heavy atom. The summed E-state index contributed by atoms with van der Waals surface area (Å²) in [5.74, 6) is 5.89. The zero-order valence-corrected chi connectivity index (χ0v) is 24.0. The quantitative estimate of drug-likeness (QED) is 0.208. The van der Waals surface area contributed by atoms with Gasteiger partial charge < -0.3 is 20.5 Å². The van der Waals surface area contributed by atoms with Crippen LogP contribution in [0.2, 0.25) is 0 Å². The molecule has 3 rings (SSSR count). The van der Waals surface area contributed by atoms with Crippen LogP contribution in [0.4, 0.5) is 4.79 Å². The maximum atomic E-state index is 13.4. The first-order chi connectivity index (χ1) is 19.5. The van der Waals surface area contributed by atoms with E-state index in [1.165, 1.54) is 12.1 Å². The zero-order valence-electron chi connectivity index (χ0n) is 24.0. The van der Waals surface area contributed by atoms with Gasteiger partial charge in [0.05, 0.1) is 30.9 Å². The molecule has 0 radical (unpaired) electrons. The van der Waals surface area contributed by atoms with Gasteiger partial charge in [-0.05, 0) is 40.2 Å². The predicted octanol–water partition coefficient (Wildman–Crippen LogP) is 3.76. The lowest BCUT2D eigenvalue weighted by Gasteiger charge is -2.33. The van der Waals surface area contributed by atoms with Crippen LogP contribution in [-0.2, 0) is 22.5 Å². The normalized spacial score (nSPS) is 13.5. The molecule has 3 aromatic rings. The van der Waals surface area contributed by atoms with Gasteiger partial charge in [-0.2, -0.15) is 5.26 Å². The Balaban J connectivity index is 1.72. The van der Waals surface area contributed by atoms with E-state index in [0.717, 1.165) is 22.3 Å². The van der Waals surface area contributed by atoms with Crippen LogP contribution in [0.3, 0.4) is 0 Å². The van der Waals surface area contributed by atoms with E-state index in [0.29, 0.717) is 18.5 Å². The van der Waals surface area contributed by atoms with Crippen molar-refractivity contribution in [3.8, 4) is 17.2 Å². The Hall–Kier alpha value is -4.23. The molecule has 41 heavy (non-hydrogen) atoms. The Morgan fingerprint density at radius 2 is 1.61 bits per heavy atom. The number of hydrogen-bond donors (Lipinski definition) is 4. The number of carbonyl (C=O) groups is 2. The molecule has 0 aromatic heterocycles. The number of amides is 2. The summed E-state index contributed by atoms with van der Waals surface area (Å²) in [4.78, 5) is 25.3. The minimum absolute atomic E-state index is 0.0847. The van der Waals surface area contributed by atoms with Gasteiger partial charge in [0.2, 0.25) is 5.91 Å². The summed E-state index contributed by atoms with van der Waals surface area (Å²) in [5, 5.41) is 27.7. The number of nitrogens with zero attached hydrogens (tertiary/aromatic N) is 2. The number of carbonyl (C=O) groups excluding carboxylic acids is 2. The third-order valence-electron chi connectivity index (χ3n) is 6.79. The van der Waals surface area contributed by atoms with Gasteiger partial charge in [0.15, 0.2) is 0 Å². The molecule has 9 nitrogen and oxygen atoms in total. The van der Waals surface area contributed by atoms with Crippen molar-refractivity contribution >= 4 is 12.0 Å². The number of alkyl carbamates (subject to hydrolysis) is 1. The van der Waals surface area contributed by atoms with Crippen LogP contribution in [-0.4, -0.2) is 54.0 Å². The van der Waals surface area contributed by atoms with Crippen LogP contribution < -0.4 is 16.5 Å². The number of ether oxygens (including phenoxy) is 1. The maximum absolute atomic E-state index is 13.4. The number of aliphatic hydroxyl groups is 1. The van der Waals surface area contributed by atoms with Crippen molar-refractivity contribution in [2.24, 2.45) is 11.3 Å². The Labute approximate surface area is 241 Å². The summed E-state index contributed by atoms with van der Waals surface area (Å²) in [6.45, 7) is 5.95. The maximum Gasteiger partial charge on any atom is 0.407 e. The molecule has 0 heterocycles. The van der Waals surface area contributed by atoms with Crippen LogP contribution >= 0.6 is 0 Å². The molecule has 9 heteroatoms. The summed E-state index contributed by atoms with van der Waals surface area (Å²) < 4.78 is 4.71. The molecule has 5 N–H and O–H groups in total. The second-order valence-electron chi connectivity index (χ2n) is 11.1. The highest BCUT2D eigenvalue weighted by Crippen LogP contribution is 2.24. The van der Waals surface area contributed by atoms with Gasteiger partial charge in [0.1, 0.15) is 6.04 Å². The second kappa shape index (κ2) is 14.4. The lowest BCUT2D eigenvalue weighted by molar-refractivity contribution is -0.127. The van der Waals surface area contributed by atoms with E-state index in [1.807, 2.05) is 93.6 Å².